The summed E-state index contributed by atoms with van der Waals surface area (Å²) in [7, 11) is 0. The quantitative estimate of drug-likeness (QED) is 0.267. The third kappa shape index (κ3) is 5.03. The number of aromatic nitrogens is 3. The number of aliphatic hydroxyl groups is 1. The lowest BCUT2D eigenvalue weighted by molar-refractivity contribution is -0.137. The van der Waals surface area contributed by atoms with Gasteiger partial charge in [-0.1, -0.05) is 0 Å². The molecule has 41 heavy (non-hydrogen) atoms. The van der Waals surface area contributed by atoms with Crippen molar-refractivity contribution in [2.45, 2.75) is 44.5 Å². The van der Waals surface area contributed by atoms with E-state index in [0.29, 0.717) is 25.6 Å². The maximum absolute atomic E-state index is 16.3. The summed E-state index contributed by atoms with van der Waals surface area (Å²) in [6, 6.07) is -1.07. The van der Waals surface area contributed by atoms with E-state index in [0.717, 1.165) is 11.8 Å². The fourth-order valence-electron chi connectivity index (χ4n) is 4.97. The Labute approximate surface area is 228 Å². The van der Waals surface area contributed by atoms with E-state index in [2.05, 4.69) is 25.6 Å². The number of alkyl halides is 5. The average molecular weight is 590 g/mol. The van der Waals surface area contributed by atoms with Gasteiger partial charge in [-0.3, -0.25) is 0 Å². The molecule has 2 aliphatic rings. The number of anilines is 3. The molecular weight excluding hydrogens is 563 g/mol. The van der Waals surface area contributed by atoms with Crippen LogP contribution in [0.3, 0.4) is 0 Å². The van der Waals surface area contributed by atoms with Gasteiger partial charge < -0.3 is 31.1 Å². The first kappa shape index (κ1) is 28.9. The number of aliphatic hydroxyl groups excluding tert-OH is 1. The minimum atomic E-state index is -5.13. The number of ether oxygens (including phenoxy) is 1. The summed E-state index contributed by atoms with van der Waals surface area (Å²) in [5.74, 6) is -6.73. The number of hydrogen-bond acceptors (Lipinski definition) is 9. The van der Waals surface area contributed by atoms with Crippen molar-refractivity contribution in [1.29, 1.82) is 0 Å². The third-order valence-electron chi connectivity index (χ3n) is 7.12. The van der Waals surface area contributed by atoms with Crippen molar-refractivity contribution < 1.29 is 40.6 Å². The van der Waals surface area contributed by atoms with Crippen LogP contribution in [0.2, 0.25) is 0 Å². The van der Waals surface area contributed by atoms with Crippen LogP contribution in [0.4, 0.5) is 48.2 Å². The second-order valence-electron chi connectivity index (χ2n) is 9.98. The molecule has 3 aromatic rings. The minimum Gasteiger partial charge on any atom is -0.474 e. The maximum atomic E-state index is 16.3. The Kier molecular flexibility index (Phi) is 7.26. The monoisotopic (exact) mass is 589 g/mol. The van der Waals surface area contributed by atoms with E-state index in [4.69, 9.17) is 10.5 Å². The zero-order chi connectivity index (χ0) is 29.9. The van der Waals surface area contributed by atoms with Crippen LogP contribution in [0.15, 0.2) is 6.07 Å². The lowest BCUT2D eigenvalue weighted by atomic mass is 9.96. The zero-order valence-corrected chi connectivity index (χ0v) is 21.8. The highest BCUT2D eigenvalue weighted by Gasteiger charge is 2.55. The summed E-state index contributed by atoms with van der Waals surface area (Å²) >= 11 is 0. The van der Waals surface area contributed by atoms with E-state index in [1.54, 1.807) is 6.92 Å². The normalized spacial score (nSPS) is 21.1. The first-order valence-electron chi connectivity index (χ1n) is 12.7. The summed E-state index contributed by atoms with van der Waals surface area (Å²) in [6.07, 6.45) is -5.24. The van der Waals surface area contributed by atoms with Crippen LogP contribution in [0, 0.1) is 18.6 Å². The average Bonchev–Trinajstić information content (AvgIpc) is 2.91. The molecule has 2 aliphatic heterocycles. The number of nitrogen functional groups attached to an aromatic ring is 1. The fraction of sp³-hybridized carbons (Fsp3) is 0.480. The Hall–Kier alpha value is -3.66. The molecule has 5 rings (SSSR count). The smallest absolute Gasteiger partial charge is 0.417 e. The summed E-state index contributed by atoms with van der Waals surface area (Å²) in [6.45, 7) is 1.88. The first-order valence-corrected chi connectivity index (χ1v) is 12.7. The highest BCUT2D eigenvalue weighted by atomic mass is 19.4. The molecule has 1 saturated heterocycles. The highest BCUT2D eigenvalue weighted by Crippen LogP contribution is 2.45. The molecular formula is C25H26F7N7O2. The molecule has 1 fully saturated rings. The molecule has 0 radical (unpaired) electrons. The van der Waals surface area contributed by atoms with E-state index in [1.807, 2.05) is 0 Å². The highest BCUT2D eigenvalue weighted by molar-refractivity contribution is 5.97. The molecule has 0 saturated carbocycles. The van der Waals surface area contributed by atoms with Crippen LogP contribution in [0.25, 0.3) is 22.2 Å². The van der Waals surface area contributed by atoms with E-state index in [9.17, 15) is 31.4 Å². The largest absolute Gasteiger partial charge is 0.474 e. The molecule has 0 bridgehead atoms. The van der Waals surface area contributed by atoms with Crippen molar-refractivity contribution in [3.8, 4) is 17.1 Å². The van der Waals surface area contributed by atoms with Gasteiger partial charge in [0.05, 0.1) is 30.5 Å². The van der Waals surface area contributed by atoms with Crippen molar-refractivity contribution in [3.05, 3.63) is 28.8 Å². The van der Waals surface area contributed by atoms with Crippen molar-refractivity contribution in [2.75, 3.05) is 48.7 Å². The van der Waals surface area contributed by atoms with E-state index in [1.165, 1.54) is 0 Å². The Morgan fingerprint density at radius 3 is 2.54 bits per heavy atom. The van der Waals surface area contributed by atoms with Crippen LogP contribution >= 0.6 is 0 Å². The van der Waals surface area contributed by atoms with E-state index >= 15 is 4.39 Å². The van der Waals surface area contributed by atoms with Crippen molar-refractivity contribution in [2.24, 2.45) is 0 Å². The van der Waals surface area contributed by atoms with Crippen LogP contribution in [0.5, 0.6) is 5.88 Å². The lowest BCUT2D eigenvalue weighted by Crippen LogP contribution is -2.67. The summed E-state index contributed by atoms with van der Waals surface area (Å²) in [5, 5.41) is 15.5. The van der Waals surface area contributed by atoms with Crippen molar-refractivity contribution >= 4 is 28.4 Å². The molecule has 16 heteroatoms. The van der Waals surface area contributed by atoms with Gasteiger partial charge in [-0.15, -0.1) is 0 Å². The third-order valence-corrected chi connectivity index (χ3v) is 7.12. The topological polar surface area (TPSA) is 121 Å². The zero-order valence-electron chi connectivity index (χ0n) is 21.8. The van der Waals surface area contributed by atoms with Gasteiger partial charge in [0.15, 0.2) is 5.82 Å². The van der Waals surface area contributed by atoms with Gasteiger partial charge in [-0.05, 0) is 38.4 Å². The van der Waals surface area contributed by atoms with Gasteiger partial charge >= 0.3 is 6.18 Å². The number of nitrogens with one attached hydrogen (secondary N) is 2. The van der Waals surface area contributed by atoms with Gasteiger partial charge in [-0.2, -0.15) is 18.2 Å². The number of halogens is 7. The molecule has 2 atom stereocenters. The van der Waals surface area contributed by atoms with Gasteiger partial charge in [0.2, 0.25) is 11.8 Å². The maximum Gasteiger partial charge on any atom is 0.417 e. The molecule has 5 N–H and O–H groups in total. The molecule has 0 spiro atoms. The van der Waals surface area contributed by atoms with Crippen LogP contribution in [0.1, 0.15) is 24.5 Å². The summed E-state index contributed by atoms with van der Waals surface area (Å²) in [4.78, 5) is 13.5. The van der Waals surface area contributed by atoms with E-state index in [-0.39, 0.29) is 23.6 Å². The number of pyridine rings is 1. The molecule has 2 aromatic heterocycles. The molecule has 2 unspecified atom stereocenters. The standard InChI is InChI=1S/C25H26F7N7O2/c1-10-3-4-34-5-6-35-21-15-20(37-23(38-21)39-9-24(28,29)14(39)8-40)18(27)19(36-22(15)41-10)12-7-13(33)17(26)11(2)16(12)25(30,31)32/h7,10,14,34,40H,3-6,8-9,33H2,1-2H3,(H,35,37,38). The van der Waals surface area contributed by atoms with Crippen molar-refractivity contribution in [1.82, 2.24) is 20.3 Å². The van der Waals surface area contributed by atoms with Gasteiger partial charge in [-0.25, -0.2) is 27.5 Å². The lowest BCUT2D eigenvalue weighted by Gasteiger charge is -2.46. The number of nitrogens with two attached hydrogens (primary N) is 1. The second-order valence-corrected chi connectivity index (χ2v) is 9.98. The van der Waals surface area contributed by atoms with E-state index < -0.39 is 88.6 Å². The number of benzene rings is 1. The van der Waals surface area contributed by atoms with Crippen molar-refractivity contribution in [3.63, 3.8) is 0 Å². The number of nitrogens with zero attached hydrogens (tertiary/aromatic N) is 4. The fourth-order valence-corrected chi connectivity index (χ4v) is 4.97. The molecule has 0 aliphatic carbocycles. The van der Waals surface area contributed by atoms with Gasteiger partial charge in [0.25, 0.3) is 5.92 Å². The van der Waals surface area contributed by atoms with Crippen LogP contribution < -0.4 is 26.0 Å². The molecule has 9 nitrogen and oxygen atoms in total. The minimum absolute atomic E-state index is 0.0633. The predicted molar refractivity (Wildman–Crippen MR) is 136 cm³/mol. The summed E-state index contributed by atoms with van der Waals surface area (Å²) < 4.78 is 108. The van der Waals surface area contributed by atoms with Crippen LogP contribution in [-0.4, -0.2) is 70.9 Å². The first-order chi connectivity index (χ1) is 19.2. The molecule has 4 heterocycles. The molecule has 0 amide bonds. The van der Waals surface area contributed by atoms with Crippen LogP contribution in [-0.2, 0) is 6.18 Å². The Balaban J connectivity index is 1.83. The molecule has 1 aromatic carbocycles. The van der Waals surface area contributed by atoms with Gasteiger partial charge in [0, 0.05) is 18.7 Å². The second kappa shape index (κ2) is 10.3. The Morgan fingerprint density at radius 2 is 1.88 bits per heavy atom. The Morgan fingerprint density at radius 1 is 1.15 bits per heavy atom. The van der Waals surface area contributed by atoms with Gasteiger partial charge in [0.1, 0.15) is 34.3 Å². The predicted octanol–water partition coefficient (Wildman–Crippen LogP) is 3.87. The number of rotatable bonds is 3. The number of hydrogen-bond donors (Lipinski definition) is 4. The molecule has 222 valence electrons. The summed E-state index contributed by atoms with van der Waals surface area (Å²) in [5.41, 5.74) is 0.318. The SMILES string of the molecule is Cc1c(F)c(N)cc(-c2nc3c4c(nc(N5CC(F)(F)C5CO)nc4c2F)NCCNCCC(C)O3)c1C(F)(F)F. The Bertz CT molecular complexity index is 1500.